The van der Waals surface area contributed by atoms with E-state index in [1.165, 1.54) is 44.9 Å². The second kappa shape index (κ2) is 5.64. The lowest BCUT2D eigenvalue weighted by Crippen LogP contribution is -2.26. The van der Waals surface area contributed by atoms with E-state index in [1.807, 2.05) is 0 Å². The summed E-state index contributed by atoms with van der Waals surface area (Å²) >= 11 is 0. The van der Waals surface area contributed by atoms with Gasteiger partial charge in [0.05, 0.1) is 0 Å². The van der Waals surface area contributed by atoms with Crippen molar-refractivity contribution in [2.24, 2.45) is 17.6 Å². The number of rotatable bonds is 1. The predicted molar refractivity (Wildman–Crippen MR) is 58.6 cm³/mol. The summed E-state index contributed by atoms with van der Waals surface area (Å²) in [7, 11) is 0. The fourth-order valence-corrected chi connectivity index (χ4v) is 2.44. The van der Waals surface area contributed by atoms with E-state index in [-0.39, 0.29) is 0 Å². The highest BCUT2D eigenvalue weighted by molar-refractivity contribution is 4.71. The molecule has 78 valence electrons. The van der Waals surface area contributed by atoms with Gasteiger partial charge in [-0.05, 0) is 31.6 Å². The Hall–Kier alpha value is -0.0400. The molecule has 1 heteroatoms. The molecule has 0 radical (unpaired) electrons. The van der Waals surface area contributed by atoms with Crippen LogP contribution in [0.4, 0.5) is 0 Å². The molecule has 3 unspecified atom stereocenters. The quantitative estimate of drug-likeness (QED) is 0.663. The van der Waals surface area contributed by atoms with Crippen molar-refractivity contribution in [2.75, 3.05) is 0 Å². The molecular weight excluding hydrogens is 158 g/mol. The first-order valence-electron chi connectivity index (χ1n) is 5.95. The maximum Gasteiger partial charge on any atom is 0.00387 e. The number of hydrogen-bond acceptors (Lipinski definition) is 1. The van der Waals surface area contributed by atoms with Crippen LogP contribution < -0.4 is 5.73 Å². The average molecular weight is 183 g/mol. The lowest BCUT2D eigenvalue weighted by Gasteiger charge is -2.19. The smallest absolute Gasteiger partial charge is 0.00387 e. The lowest BCUT2D eigenvalue weighted by molar-refractivity contribution is 0.367. The summed E-state index contributed by atoms with van der Waals surface area (Å²) in [4.78, 5) is 0. The highest BCUT2D eigenvalue weighted by atomic mass is 14.6. The van der Waals surface area contributed by atoms with Gasteiger partial charge >= 0.3 is 0 Å². The molecule has 0 bridgehead atoms. The maximum absolute atomic E-state index is 5.97. The summed E-state index contributed by atoms with van der Waals surface area (Å²) in [5.41, 5.74) is 5.97. The van der Waals surface area contributed by atoms with Gasteiger partial charge in [-0.1, -0.05) is 39.0 Å². The summed E-state index contributed by atoms with van der Waals surface area (Å²) < 4.78 is 0. The van der Waals surface area contributed by atoms with Gasteiger partial charge in [0.15, 0.2) is 0 Å². The highest BCUT2D eigenvalue weighted by Crippen LogP contribution is 2.26. The average Bonchev–Trinajstić information content (AvgIpc) is 2.16. The molecule has 0 aromatic rings. The molecule has 13 heavy (non-hydrogen) atoms. The SMILES string of the molecule is CC1CCCCC(C(C)N)CCC1. The Morgan fingerprint density at radius 2 is 1.54 bits per heavy atom. The molecule has 0 aliphatic heterocycles. The van der Waals surface area contributed by atoms with Gasteiger partial charge in [0.2, 0.25) is 0 Å². The Balaban J connectivity index is 2.34. The monoisotopic (exact) mass is 183 g/mol. The first-order valence-corrected chi connectivity index (χ1v) is 5.95. The normalized spacial score (nSPS) is 34.4. The Bertz CT molecular complexity index is 131. The molecule has 0 aromatic heterocycles. The Labute approximate surface area is 83.1 Å². The molecule has 1 nitrogen and oxygen atoms in total. The van der Waals surface area contributed by atoms with Gasteiger partial charge in [-0.25, -0.2) is 0 Å². The van der Waals surface area contributed by atoms with E-state index in [1.54, 1.807) is 0 Å². The minimum atomic E-state index is 0.411. The van der Waals surface area contributed by atoms with Gasteiger partial charge in [-0.15, -0.1) is 0 Å². The van der Waals surface area contributed by atoms with Crippen LogP contribution >= 0.6 is 0 Å². The third-order valence-electron chi connectivity index (χ3n) is 3.54. The van der Waals surface area contributed by atoms with Gasteiger partial charge in [-0.3, -0.25) is 0 Å². The first-order chi connectivity index (χ1) is 6.20. The molecule has 1 aliphatic rings. The summed E-state index contributed by atoms with van der Waals surface area (Å²) in [6.45, 7) is 4.57. The van der Waals surface area contributed by atoms with Crippen molar-refractivity contribution in [3.8, 4) is 0 Å². The van der Waals surface area contributed by atoms with Crippen molar-refractivity contribution >= 4 is 0 Å². The zero-order chi connectivity index (χ0) is 9.68. The van der Waals surface area contributed by atoms with Crippen molar-refractivity contribution in [3.05, 3.63) is 0 Å². The lowest BCUT2D eigenvalue weighted by atomic mass is 9.91. The molecule has 3 atom stereocenters. The van der Waals surface area contributed by atoms with Crippen LogP contribution in [0.5, 0.6) is 0 Å². The summed E-state index contributed by atoms with van der Waals surface area (Å²) in [6, 6.07) is 0.411. The second-order valence-electron chi connectivity index (χ2n) is 4.94. The van der Waals surface area contributed by atoms with E-state index in [2.05, 4.69) is 13.8 Å². The van der Waals surface area contributed by atoms with Crippen molar-refractivity contribution in [2.45, 2.75) is 64.8 Å². The maximum atomic E-state index is 5.97. The summed E-state index contributed by atoms with van der Waals surface area (Å²) in [5, 5.41) is 0. The number of nitrogens with two attached hydrogens (primary N) is 1. The molecule has 0 spiro atoms. The third kappa shape index (κ3) is 4.12. The van der Waals surface area contributed by atoms with Crippen molar-refractivity contribution < 1.29 is 0 Å². The Morgan fingerprint density at radius 3 is 2.23 bits per heavy atom. The Morgan fingerprint density at radius 1 is 1.00 bits per heavy atom. The molecule has 0 heterocycles. The van der Waals surface area contributed by atoms with Crippen LogP contribution in [0.15, 0.2) is 0 Å². The second-order valence-corrected chi connectivity index (χ2v) is 4.94. The fraction of sp³-hybridized carbons (Fsp3) is 1.00. The minimum absolute atomic E-state index is 0.411. The first kappa shape index (κ1) is 11.0. The van der Waals surface area contributed by atoms with Crippen molar-refractivity contribution in [1.29, 1.82) is 0 Å². The van der Waals surface area contributed by atoms with Crippen LogP contribution in [0, 0.1) is 11.8 Å². The molecule has 1 aliphatic carbocycles. The molecule has 0 aromatic carbocycles. The van der Waals surface area contributed by atoms with Gasteiger partial charge in [0.25, 0.3) is 0 Å². The van der Waals surface area contributed by atoms with E-state index in [0.29, 0.717) is 6.04 Å². The van der Waals surface area contributed by atoms with Gasteiger partial charge in [0.1, 0.15) is 0 Å². The predicted octanol–water partition coefficient (Wildman–Crippen LogP) is 3.33. The van der Waals surface area contributed by atoms with E-state index < -0.39 is 0 Å². The van der Waals surface area contributed by atoms with Crippen LogP contribution in [0.2, 0.25) is 0 Å². The Kier molecular flexibility index (Phi) is 4.79. The third-order valence-corrected chi connectivity index (χ3v) is 3.54. The van der Waals surface area contributed by atoms with Crippen LogP contribution in [-0.2, 0) is 0 Å². The van der Waals surface area contributed by atoms with Gasteiger partial charge < -0.3 is 5.73 Å². The largest absolute Gasteiger partial charge is 0.328 e. The highest BCUT2D eigenvalue weighted by Gasteiger charge is 2.15. The molecule has 0 amide bonds. The summed E-state index contributed by atoms with van der Waals surface area (Å²) in [5.74, 6) is 1.75. The van der Waals surface area contributed by atoms with E-state index in [4.69, 9.17) is 5.73 Å². The van der Waals surface area contributed by atoms with E-state index in [9.17, 15) is 0 Å². The minimum Gasteiger partial charge on any atom is -0.328 e. The zero-order valence-corrected chi connectivity index (χ0v) is 9.26. The van der Waals surface area contributed by atoms with E-state index >= 15 is 0 Å². The van der Waals surface area contributed by atoms with Crippen LogP contribution in [-0.4, -0.2) is 6.04 Å². The van der Waals surface area contributed by atoms with E-state index in [0.717, 1.165) is 11.8 Å². The molecule has 0 saturated heterocycles. The molecule has 2 N–H and O–H groups in total. The molecule has 1 rings (SSSR count). The standard InChI is InChI=1S/C12H25N/c1-10-6-3-4-8-12(11(2)13)9-5-7-10/h10-12H,3-9,13H2,1-2H3. The topological polar surface area (TPSA) is 26.0 Å². The van der Waals surface area contributed by atoms with Crippen LogP contribution in [0.25, 0.3) is 0 Å². The van der Waals surface area contributed by atoms with Crippen LogP contribution in [0.3, 0.4) is 0 Å². The van der Waals surface area contributed by atoms with Crippen molar-refractivity contribution in [1.82, 2.24) is 0 Å². The summed E-state index contributed by atoms with van der Waals surface area (Å²) in [6.07, 6.45) is 9.80. The molecular formula is C12H25N. The molecule has 1 fully saturated rings. The molecule has 1 saturated carbocycles. The van der Waals surface area contributed by atoms with Crippen LogP contribution in [0.1, 0.15) is 58.8 Å². The van der Waals surface area contributed by atoms with Gasteiger partial charge in [0, 0.05) is 6.04 Å². The van der Waals surface area contributed by atoms with Gasteiger partial charge in [-0.2, -0.15) is 0 Å². The van der Waals surface area contributed by atoms with Crippen molar-refractivity contribution in [3.63, 3.8) is 0 Å². The fourth-order valence-electron chi connectivity index (χ4n) is 2.44. The zero-order valence-electron chi connectivity index (χ0n) is 9.26. The number of hydrogen-bond donors (Lipinski definition) is 1.